The van der Waals surface area contributed by atoms with Gasteiger partial charge in [0, 0.05) is 5.56 Å². The molecule has 2 rings (SSSR count). The summed E-state index contributed by atoms with van der Waals surface area (Å²) in [5.41, 5.74) is 1.57. The third-order valence-electron chi connectivity index (χ3n) is 2.69. The van der Waals surface area contributed by atoms with Gasteiger partial charge in [0.15, 0.2) is 0 Å². The Morgan fingerprint density at radius 3 is 2.53 bits per heavy atom. The van der Waals surface area contributed by atoms with Gasteiger partial charge in [-0.3, -0.25) is 4.79 Å². The van der Waals surface area contributed by atoms with Crippen molar-refractivity contribution in [3.8, 4) is 5.75 Å². The molecule has 0 atom stereocenters. The summed E-state index contributed by atoms with van der Waals surface area (Å²) in [4.78, 5) is 12.9. The first-order valence-electron chi connectivity index (χ1n) is 6.14. The summed E-state index contributed by atoms with van der Waals surface area (Å²) in [6.45, 7) is 4.64. The maximum absolute atomic E-state index is 12.3. The van der Waals surface area contributed by atoms with Gasteiger partial charge in [0.05, 0.1) is 16.5 Å². The lowest BCUT2D eigenvalue weighted by atomic mass is 10.1. The molecule has 19 heavy (non-hydrogen) atoms. The molecule has 0 radical (unpaired) electrons. The first-order valence-corrected chi connectivity index (χ1v) is 7.40. The molecule has 0 saturated heterocycles. The van der Waals surface area contributed by atoms with E-state index in [-0.39, 0.29) is 5.78 Å². The smallest absolute Gasteiger partial charge is 0.204 e. The second-order valence-corrected chi connectivity index (χ2v) is 5.52. The highest BCUT2D eigenvalue weighted by molar-refractivity contribution is 7.13. The molecule has 1 aromatic carbocycles. The normalized spacial score (nSPS) is 10.5. The molecule has 0 saturated carbocycles. The van der Waals surface area contributed by atoms with Gasteiger partial charge in [-0.1, -0.05) is 18.5 Å². The largest absolute Gasteiger partial charge is 0.494 e. The lowest BCUT2D eigenvalue weighted by Gasteiger charge is -2.05. The van der Waals surface area contributed by atoms with Crippen LogP contribution in [-0.4, -0.2) is 12.4 Å². The zero-order valence-electron chi connectivity index (χ0n) is 10.9. The van der Waals surface area contributed by atoms with Crippen LogP contribution < -0.4 is 4.74 Å². The van der Waals surface area contributed by atoms with Crippen LogP contribution in [0.1, 0.15) is 34.1 Å². The molecule has 0 aliphatic heterocycles. The topological polar surface area (TPSA) is 26.3 Å². The first kappa shape index (κ1) is 14.1. The van der Waals surface area contributed by atoms with E-state index in [0.717, 1.165) is 17.7 Å². The molecular formula is C15H15ClO2S. The number of ketones is 1. The van der Waals surface area contributed by atoms with Gasteiger partial charge in [0.1, 0.15) is 5.75 Å². The fourth-order valence-corrected chi connectivity index (χ4v) is 2.88. The number of aryl methyl sites for hydroxylation is 1. The third kappa shape index (κ3) is 3.17. The number of thiophene rings is 1. The van der Waals surface area contributed by atoms with Crippen LogP contribution in [0.25, 0.3) is 0 Å². The number of hydrogen-bond acceptors (Lipinski definition) is 3. The Balaban J connectivity index is 2.18. The monoisotopic (exact) mass is 294 g/mol. The molecule has 2 nitrogen and oxygen atoms in total. The number of carbonyl (C=O) groups excluding carboxylic acids is 1. The number of carbonyl (C=O) groups is 1. The predicted octanol–water partition coefficient (Wildman–Crippen LogP) is 4.73. The Labute approximate surface area is 122 Å². The molecule has 0 aliphatic carbocycles. The summed E-state index contributed by atoms with van der Waals surface area (Å²) in [6, 6.07) is 7.19. The highest BCUT2D eigenvalue weighted by Gasteiger charge is 2.16. The lowest BCUT2D eigenvalue weighted by Crippen LogP contribution is -2.00. The fraction of sp³-hybridized carbons (Fsp3) is 0.267. The van der Waals surface area contributed by atoms with Crippen molar-refractivity contribution in [3.63, 3.8) is 0 Å². The van der Waals surface area contributed by atoms with E-state index >= 15 is 0 Å². The van der Waals surface area contributed by atoms with Crippen LogP contribution >= 0.6 is 22.9 Å². The maximum Gasteiger partial charge on any atom is 0.204 e. The van der Waals surface area contributed by atoms with Crippen molar-refractivity contribution in [2.24, 2.45) is 0 Å². The molecule has 0 fully saturated rings. The summed E-state index contributed by atoms with van der Waals surface area (Å²) in [7, 11) is 0. The van der Waals surface area contributed by atoms with Crippen LogP contribution in [0.15, 0.2) is 29.6 Å². The molecule has 1 aromatic heterocycles. The zero-order chi connectivity index (χ0) is 13.8. The van der Waals surface area contributed by atoms with Gasteiger partial charge in [0.2, 0.25) is 5.78 Å². The minimum atomic E-state index is -0.0369. The highest BCUT2D eigenvalue weighted by atomic mass is 35.5. The van der Waals surface area contributed by atoms with Gasteiger partial charge in [0.25, 0.3) is 0 Å². The van der Waals surface area contributed by atoms with Gasteiger partial charge in [-0.15, -0.1) is 11.3 Å². The lowest BCUT2D eigenvalue weighted by molar-refractivity contribution is 0.104. The Hall–Kier alpha value is -1.32. The summed E-state index contributed by atoms with van der Waals surface area (Å²) in [5, 5.41) is 2.45. The predicted molar refractivity (Wildman–Crippen MR) is 79.7 cm³/mol. The molecule has 0 spiro atoms. The van der Waals surface area contributed by atoms with Crippen LogP contribution in [0.2, 0.25) is 5.02 Å². The van der Waals surface area contributed by atoms with E-state index in [2.05, 4.69) is 6.92 Å². The molecular weight excluding hydrogens is 280 g/mol. The van der Waals surface area contributed by atoms with Crippen LogP contribution in [0.3, 0.4) is 0 Å². The summed E-state index contributed by atoms with van der Waals surface area (Å²) >= 11 is 7.50. The van der Waals surface area contributed by atoms with Crippen molar-refractivity contribution in [3.05, 3.63) is 50.7 Å². The molecule has 0 unspecified atom stereocenters. The molecule has 2 aromatic rings. The van der Waals surface area contributed by atoms with Crippen molar-refractivity contribution < 1.29 is 9.53 Å². The zero-order valence-corrected chi connectivity index (χ0v) is 12.5. The summed E-state index contributed by atoms with van der Waals surface area (Å²) in [6.07, 6.45) is 0.963. The average molecular weight is 295 g/mol. The maximum atomic E-state index is 12.3. The molecule has 100 valence electrons. The molecule has 4 heteroatoms. The van der Waals surface area contributed by atoms with Crippen LogP contribution in [0.5, 0.6) is 5.75 Å². The van der Waals surface area contributed by atoms with Crippen LogP contribution in [-0.2, 0) is 0 Å². The van der Waals surface area contributed by atoms with E-state index in [9.17, 15) is 4.79 Å². The van der Waals surface area contributed by atoms with E-state index in [1.54, 1.807) is 12.1 Å². The Morgan fingerprint density at radius 2 is 2.00 bits per heavy atom. The first-order chi connectivity index (χ1) is 9.13. The average Bonchev–Trinajstić information content (AvgIpc) is 2.76. The number of rotatable bonds is 5. The molecule has 0 N–H and O–H groups in total. The minimum Gasteiger partial charge on any atom is -0.494 e. The fourth-order valence-electron chi connectivity index (χ4n) is 1.64. The van der Waals surface area contributed by atoms with Crippen molar-refractivity contribution >= 4 is 28.7 Å². The number of ether oxygens (including phenoxy) is 1. The van der Waals surface area contributed by atoms with Gasteiger partial charge >= 0.3 is 0 Å². The van der Waals surface area contributed by atoms with E-state index < -0.39 is 0 Å². The number of benzene rings is 1. The second-order valence-electron chi connectivity index (χ2n) is 4.26. The number of hydrogen-bond donors (Lipinski definition) is 0. The van der Waals surface area contributed by atoms with E-state index in [0.29, 0.717) is 22.1 Å². The molecule has 0 bridgehead atoms. The van der Waals surface area contributed by atoms with Crippen molar-refractivity contribution in [2.75, 3.05) is 6.61 Å². The van der Waals surface area contributed by atoms with Gasteiger partial charge < -0.3 is 4.74 Å². The van der Waals surface area contributed by atoms with Crippen molar-refractivity contribution in [1.82, 2.24) is 0 Å². The quantitative estimate of drug-likeness (QED) is 0.745. The SMILES string of the molecule is CCCOc1ccc(C(=O)c2scc(C)c2Cl)cc1. The van der Waals surface area contributed by atoms with Gasteiger partial charge in [-0.25, -0.2) is 0 Å². The van der Waals surface area contributed by atoms with E-state index in [1.165, 1.54) is 11.3 Å². The van der Waals surface area contributed by atoms with Crippen molar-refractivity contribution in [2.45, 2.75) is 20.3 Å². The Kier molecular flexibility index (Phi) is 4.61. The molecule has 0 amide bonds. The highest BCUT2D eigenvalue weighted by Crippen LogP contribution is 2.29. The summed E-state index contributed by atoms with van der Waals surface area (Å²) in [5.74, 6) is 0.747. The van der Waals surface area contributed by atoms with Crippen LogP contribution in [0.4, 0.5) is 0 Å². The third-order valence-corrected chi connectivity index (χ3v) is 4.39. The molecule has 1 heterocycles. The summed E-state index contributed by atoms with van der Waals surface area (Å²) < 4.78 is 5.49. The second kappa shape index (κ2) is 6.22. The van der Waals surface area contributed by atoms with E-state index in [4.69, 9.17) is 16.3 Å². The van der Waals surface area contributed by atoms with Gasteiger partial charge in [-0.05, 0) is 48.6 Å². The Bertz CT molecular complexity index is 572. The van der Waals surface area contributed by atoms with Crippen LogP contribution in [0, 0.1) is 6.92 Å². The number of halogens is 1. The molecule has 0 aliphatic rings. The van der Waals surface area contributed by atoms with Crippen molar-refractivity contribution in [1.29, 1.82) is 0 Å². The van der Waals surface area contributed by atoms with Gasteiger partial charge in [-0.2, -0.15) is 0 Å². The minimum absolute atomic E-state index is 0.0369. The Morgan fingerprint density at radius 1 is 1.32 bits per heavy atom. The van der Waals surface area contributed by atoms with E-state index in [1.807, 2.05) is 24.4 Å². The standard InChI is InChI=1S/C15H15ClO2S/c1-3-8-18-12-6-4-11(5-7-12)14(17)15-13(16)10(2)9-19-15/h4-7,9H,3,8H2,1-2H3.